The van der Waals surface area contributed by atoms with E-state index in [-0.39, 0.29) is 6.54 Å². The van der Waals surface area contributed by atoms with Crippen molar-refractivity contribution in [2.24, 2.45) is 5.10 Å². The molecule has 2 aromatic carbocycles. The Balaban J connectivity index is 1.81. The van der Waals surface area contributed by atoms with E-state index in [9.17, 15) is 9.59 Å². The summed E-state index contributed by atoms with van der Waals surface area (Å²) < 4.78 is 5.72. The Morgan fingerprint density at radius 2 is 1.77 bits per heavy atom. The van der Waals surface area contributed by atoms with Gasteiger partial charge in [0.15, 0.2) is 0 Å². The molecular formula is C20H21N3O3. The molecule has 0 aromatic heterocycles. The van der Waals surface area contributed by atoms with Crippen molar-refractivity contribution in [3.8, 4) is 5.75 Å². The number of hydrogen-bond acceptors (Lipinski definition) is 4. The number of hydrazone groups is 1. The third kappa shape index (κ3) is 6.24. The zero-order chi connectivity index (χ0) is 18.8. The Bertz CT molecular complexity index is 781. The maximum Gasteiger partial charge on any atom is 0.329 e. The maximum absolute atomic E-state index is 11.4. The van der Waals surface area contributed by atoms with Gasteiger partial charge in [0.1, 0.15) is 12.4 Å². The van der Waals surface area contributed by atoms with Gasteiger partial charge < -0.3 is 10.1 Å². The number of carbonyl (C=O) groups excluding carboxylic acids is 2. The van der Waals surface area contributed by atoms with Crippen molar-refractivity contribution in [1.82, 2.24) is 10.7 Å². The van der Waals surface area contributed by atoms with Gasteiger partial charge >= 0.3 is 11.8 Å². The zero-order valence-corrected chi connectivity index (χ0v) is 14.6. The predicted molar refractivity (Wildman–Crippen MR) is 101 cm³/mol. The van der Waals surface area contributed by atoms with Crippen LogP contribution in [0.1, 0.15) is 16.7 Å². The van der Waals surface area contributed by atoms with Crippen LogP contribution >= 0.6 is 0 Å². The number of benzene rings is 2. The van der Waals surface area contributed by atoms with E-state index in [0.29, 0.717) is 6.61 Å². The normalized spacial score (nSPS) is 10.3. The SMILES string of the molecule is C=CCNC(=O)C(=O)N/N=C/c1ccc(OCc2ccc(C)cc2)cc1. The van der Waals surface area contributed by atoms with Crippen LogP contribution in [-0.4, -0.2) is 24.6 Å². The molecule has 2 rings (SSSR count). The largest absolute Gasteiger partial charge is 0.489 e. The maximum atomic E-state index is 11.4. The Morgan fingerprint density at radius 3 is 2.42 bits per heavy atom. The Kier molecular flexibility index (Phi) is 7.12. The van der Waals surface area contributed by atoms with Gasteiger partial charge in [-0.2, -0.15) is 5.10 Å². The summed E-state index contributed by atoms with van der Waals surface area (Å²) in [6, 6.07) is 15.4. The van der Waals surface area contributed by atoms with Gasteiger partial charge in [0.2, 0.25) is 0 Å². The van der Waals surface area contributed by atoms with E-state index in [2.05, 4.69) is 22.4 Å². The molecule has 6 nitrogen and oxygen atoms in total. The topological polar surface area (TPSA) is 79.8 Å². The second kappa shape index (κ2) is 9.78. The van der Waals surface area contributed by atoms with E-state index in [4.69, 9.17) is 4.74 Å². The lowest BCUT2D eigenvalue weighted by Crippen LogP contribution is -2.37. The summed E-state index contributed by atoms with van der Waals surface area (Å²) in [5.41, 5.74) is 5.23. The second-order valence-corrected chi connectivity index (χ2v) is 5.54. The van der Waals surface area contributed by atoms with Crippen LogP contribution in [-0.2, 0) is 16.2 Å². The van der Waals surface area contributed by atoms with Crippen LogP contribution in [0.25, 0.3) is 0 Å². The molecule has 2 amide bonds. The Morgan fingerprint density at radius 1 is 1.08 bits per heavy atom. The summed E-state index contributed by atoms with van der Waals surface area (Å²) in [6.45, 7) is 6.20. The van der Waals surface area contributed by atoms with E-state index in [1.54, 1.807) is 12.1 Å². The third-order valence-corrected chi connectivity index (χ3v) is 3.40. The minimum Gasteiger partial charge on any atom is -0.489 e. The molecule has 0 bridgehead atoms. The minimum atomic E-state index is -0.832. The van der Waals surface area contributed by atoms with Crippen molar-refractivity contribution >= 4 is 18.0 Å². The molecule has 6 heteroatoms. The molecular weight excluding hydrogens is 330 g/mol. The van der Waals surface area contributed by atoms with Crippen LogP contribution in [0, 0.1) is 6.92 Å². The van der Waals surface area contributed by atoms with Gasteiger partial charge in [-0.1, -0.05) is 35.9 Å². The first-order chi connectivity index (χ1) is 12.6. The molecule has 0 spiro atoms. The van der Waals surface area contributed by atoms with Gasteiger partial charge in [-0.05, 0) is 42.3 Å². The summed E-state index contributed by atoms with van der Waals surface area (Å²) in [6.07, 6.45) is 2.93. The van der Waals surface area contributed by atoms with Crippen LogP contribution in [0.4, 0.5) is 0 Å². The fraction of sp³-hybridized carbons (Fsp3) is 0.150. The number of ether oxygens (including phenoxy) is 1. The lowest BCUT2D eigenvalue weighted by Gasteiger charge is -2.06. The van der Waals surface area contributed by atoms with Crippen molar-refractivity contribution < 1.29 is 14.3 Å². The molecule has 26 heavy (non-hydrogen) atoms. The summed E-state index contributed by atoms with van der Waals surface area (Å²) in [4.78, 5) is 22.8. The van der Waals surface area contributed by atoms with Crippen molar-refractivity contribution in [2.75, 3.05) is 6.54 Å². The highest BCUT2D eigenvalue weighted by atomic mass is 16.5. The average Bonchev–Trinajstić information content (AvgIpc) is 2.66. The second-order valence-electron chi connectivity index (χ2n) is 5.54. The van der Waals surface area contributed by atoms with E-state index in [0.717, 1.165) is 16.9 Å². The van der Waals surface area contributed by atoms with Crippen molar-refractivity contribution in [1.29, 1.82) is 0 Å². The number of amides is 2. The zero-order valence-electron chi connectivity index (χ0n) is 14.6. The molecule has 0 heterocycles. The smallest absolute Gasteiger partial charge is 0.329 e. The molecule has 134 valence electrons. The summed E-state index contributed by atoms with van der Waals surface area (Å²) in [7, 11) is 0. The average molecular weight is 351 g/mol. The highest BCUT2D eigenvalue weighted by Crippen LogP contribution is 2.14. The quantitative estimate of drug-likeness (QED) is 0.348. The van der Waals surface area contributed by atoms with E-state index in [1.165, 1.54) is 17.9 Å². The highest BCUT2D eigenvalue weighted by Gasteiger charge is 2.10. The number of aryl methyl sites for hydroxylation is 1. The van der Waals surface area contributed by atoms with Crippen LogP contribution < -0.4 is 15.5 Å². The Labute approximate surface area is 152 Å². The van der Waals surface area contributed by atoms with Crippen molar-refractivity contribution in [2.45, 2.75) is 13.5 Å². The first kappa shape index (κ1) is 18.9. The number of hydrogen-bond donors (Lipinski definition) is 2. The number of nitrogens with zero attached hydrogens (tertiary/aromatic N) is 1. The molecule has 0 aliphatic heterocycles. The highest BCUT2D eigenvalue weighted by molar-refractivity contribution is 6.35. The number of nitrogens with one attached hydrogen (secondary N) is 2. The standard InChI is InChI=1S/C20H21N3O3/c1-3-12-21-19(24)20(25)23-22-13-16-8-10-18(11-9-16)26-14-17-6-4-15(2)5-7-17/h3-11,13H,1,12,14H2,2H3,(H,21,24)(H,23,25)/b22-13+. The third-order valence-electron chi connectivity index (χ3n) is 3.40. The number of carbonyl (C=O) groups is 2. The predicted octanol–water partition coefficient (Wildman–Crippen LogP) is 2.33. The molecule has 0 unspecified atom stereocenters. The fourth-order valence-electron chi connectivity index (χ4n) is 1.96. The molecule has 0 aliphatic rings. The first-order valence-corrected chi connectivity index (χ1v) is 8.09. The van der Waals surface area contributed by atoms with Gasteiger partial charge in [-0.3, -0.25) is 9.59 Å². The minimum absolute atomic E-state index is 0.222. The van der Waals surface area contributed by atoms with Crippen molar-refractivity contribution in [3.05, 3.63) is 77.9 Å². The van der Waals surface area contributed by atoms with E-state index in [1.807, 2.05) is 43.3 Å². The van der Waals surface area contributed by atoms with Crippen LogP contribution in [0.15, 0.2) is 66.3 Å². The molecule has 2 N–H and O–H groups in total. The summed E-state index contributed by atoms with van der Waals surface area (Å²) >= 11 is 0. The summed E-state index contributed by atoms with van der Waals surface area (Å²) in [5.74, 6) is -0.862. The Hall–Kier alpha value is -3.41. The monoisotopic (exact) mass is 351 g/mol. The van der Waals surface area contributed by atoms with Crippen molar-refractivity contribution in [3.63, 3.8) is 0 Å². The molecule has 0 fully saturated rings. The molecule has 0 radical (unpaired) electrons. The first-order valence-electron chi connectivity index (χ1n) is 8.09. The lowest BCUT2D eigenvalue weighted by atomic mass is 10.2. The van der Waals surface area contributed by atoms with Gasteiger partial charge in [-0.15, -0.1) is 6.58 Å². The fourth-order valence-corrected chi connectivity index (χ4v) is 1.96. The van der Waals surface area contributed by atoms with Gasteiger partial charge in [0.05, 0.1) is 6.21 Å². The number of rotatable bonds is 7. The molecule has 2 aromatic rings. The lowest BCUT2D eigenvalue weighted by molar-refractivity contribution is -0.139. The van der Waals surface area contributed by atoms with Crippen LogP contribution in [0.5, 0.6) is 5.75 Å². The van der Waals surface area contributed by atoms with E-state index < -0.39 is 11.8 Å². The van der Waals surface area contributed by atoms with E-state index >= 15 is 0 Å². The van der Waals surface area contributed by atoms with Gasteiger partial charge in [0.25, 0.3) is 0 Å². The molecule has 0 saturated carbocycles. The van der Waals surface area contributed by atoms with Crippen LogP contribution in [0.2, 0.25) is 0 Å². The summed E-state index contributed by atoms with van der Waals surface area (Å²) in [5, 5.41) is 6.11. The molecule has 0 atom stereocenters. The molecule has 0 aliphatic carbocycles. The van der Waals surface area contributed by atoms with Crippen LogP contribution in [0.3, 0.4) is 0 Å². The van der Waals surface area contributed by atoms with Gasteiger partial charge in [0, 0.05) is 6.54 Å². The van der Waals surface area contributed by atoms with Gasteiger partial charge in [-0.25, -0.2) is 5.43 Å². The molecule has 0 saturated heterocycles.